The van der Waals surface area contributed by atoms with E-state index in [2.05, 4.69) is 25.6 Å². The fourth-order valence-electron chi connectivity index (χ4n) is 2.68. The van der Waals surface area contributed by atoms with Gasteiger partial charge in [0.05, 0.1) is 24.2 Å². The smallest absolute Gasteiger partial charge is 0.240 e. The Morgan fingerprint density at radius 1 is 1.17 bits per heavy atom. The average molecular weight is 497 g/mol. The Kier molecular flexibility index (Phi) is 7.55. The molecule has 1 aromatic heterocycles. The lowest BCUT2D eigenvalue weighted by molar-refractivity contribution is 0.00434. The zero-order chi connectivity index (χ0) is 20.9. The molecule has 0 radical (unpaired) electrons. The van der Waals surface area contributed by atoms with E-state index >= 15 is 0 Å². The molecule has 0 amide bonds. The number of halogens is 1. The molecule has 6 nitrogen and oxygen atoms in total. The molecular weight excluding hydrogens is 476 g/mol. The van der Waals surface area contributed by atoms with Crippen LogP contribution in [0.5, 0.6) is 0 Å². The minimum absolute atomic E-state index is 0.107. The van der Waals surface area contributed by atoms with E-state index in [9.17, 15) is 13.5 Å². The van der Waals surface area contributed by atoms with Gasteiger partial charge in [0.1, 0.15) is 11.1 Å². The van der Waals surface area contributed by atoms with Crippen LogP contribution in [0.15, 0.2) is 69.5 Å². The van der Waals surface area contributed by atoms with Crippen molar-refractivity contribution in [3.8, 4) is 0 Å². The Morgan fingerprint density at radius 2 is 1.86 bits per heavy atom. The van der Waals surface area contributed by atoms with Crippen molar-refractivity contribution in [3.63, 3.8) is 0 Å². The minimum Gasteiger partial charge on any atom is -0.395 e. The number of ether oxygens (including phenoxy) is 1. The van der Waals surface area contributed by atoms with Crippen LogP contribution in [0, 0.1) is 6.92 Å². The first-order valence-corrected chi connectivity index (χ1v) is 12.0. The van der Waals surface area contributed by atoms with Crippen LogP contribution in [0.1, 0.15) is 22.2 Å². The summed E-state index contributed by atoms with van der Waals surface area (Å²) < 4.78 is 34.9. The molecule has 2 N–H and O–H groups in total. The summed E-state index contributed by atoms with van der Waals surface area (Å²) in [4.78, 5) is 4.37. The van der Waals surface area contributed by atoms with Crippen molar-refractivity contribution < 1.29 is 18.3 Å². The molecule has 0 saturated heterocycles. The van der Waals surface area contributed by atoms with Gasteiger partial charge in [0.15, 0.2) is 0 Å². The highest BCUT2D eigenvalue weighted by Gasteiger charge is 2.30. The van der Waals surface area contributed by atoms with Gasteiger partial charge in [0.2, 0.25) is 10.0 Å². The summed E-state index contributed by atoms with van der Waals surface area (Å²) in [6.45, 7) is 1.83. The van der Waals surface area contributed by atoms with Gasteiger partial charge < -0.3 is 9.84 Å². The molecule has 0 saturated carbocycles. The maximum atomic E-state index is 12.8. The van der Waals surface area contributed by atoms with Gasteiger partial charge in [0, 0.05) is 16.0 Å². The monoisotopic (exact) mass is 496 g/mol. The molecular formula is C20H21BrN2O4S2. The summed E-state index contributed by atoms with van der Waals surface area (Å²) in [5.41, 5.74) is 2.09. The van der Waals surface area contributed by atoms with E-state index < -0.39 is 28.8 Å². The number of nitrogens with zero attached hydrogens (tertiary/aromatic N) is 1. The Balaban J connectivity index is 1.81. The third-order valence-electron chi connectivity index (χ3n) is 4.24. The first kappa shape index (κ1) is 22.1. The fraction of sp³-hybridized carbons (Fsp3) is 0.250. The zero-order valence-electron chi connectivity index (χ0n) is 15.7. The van der Waals surface area contributed by atoms with Gasteiger partial charge >= 0.3 is 0 Å². The second kappa shape index (κ2) is 9.92. The summed E-state index contributed by atoms with van der Waals surface area (Å²) in [5.74, 6) is 0. The number of hydrogen-bond acceptors (Lipinski definition) is 6. The Hall–Kier alpha value is -1.62. The van der Waals surface area contributed by atoms with Crippen LogP contribution in [0.25, 0.3) is 0 Å². The topological polar surface area (TPSA) is 88.5 Å². The van der Waals surface area contributed by atoms with Crippen molar-refractivity contribution in [1.29, 1.82) is 0 Å². The second-order valence-corrected chi connectivity index (χ2v) is 10.0. The quantitative estimate of drug-likeness (QED) is 0.470. The maximum Gasteiger partial charge on any atom is 0.240 e. The number of nitrogens with one attached hydrogen (secondary N) is 1. The molecule has 0 bridgehead atoms. The van der Waals surface area contributed by atoms with Crippen molar-refractivity contribution in [2.75, 3.05) is 6.61 Å². The molecule has 0 fully saturated rings. The summed E-state index contributed by atoms with van der Waals surface area (Å²) in [6, 6.07) is 13.3. The molecule has 2 aromatic carbocycles. The molecule has 0 aliphatic rings. The Labute approximate surface area is 182 Å². The number of thiazole rings is 1. The Bertz CT molecular complexity index is 1010. The van der Waals surface area contributed by atoms with Crippen LogP contribution in [-0.2, 0) is 21.4 Å². The molecule has 0 aliphatic heterocycles. The highest BCUT2D eigenvalue weighted by atomic mass is 79.9. The van der Waals surface area contributed by atoms with Gasteiger partial charge in [-0.2, -0.15) is 0 Å². The standard InChI is InChI=1S/C20H21BrN2O4S2/c1-14-2-4-15(5-3-14)13-27-19(20-22-10-11-28-20)18(12-24)23-29(25,26)17-8-6-16(21)7-9-17/h2-11,18-19,23-24H,12-13H2,1H3/t18?,19-/m0/s1. The van der Waals surface area contributed by atoms with E-state index in [-0.39, 0.29) is 11.5 Å². The molecule has 0 aliphatic carbocycles. The molecule has 9 heteroatoms. The van der Waals surface area contributed by atoms with Crippen LogP contribution >= 0.6 is 27.3 Å². The van der Waals surface area contributed by atoms with Gasteiger partial charge in [-0.25, -0.2) is 18.1 Å². The van der Waals surface area contributed by atoms with Crippen LogP contribution in [0.2, 0.25) is 0 Å². The number of rotatable bonds is 9. The van der Waals surface area contributed by atoms with Crippen LogP contribution in [0.4, 0.5) is 0 Å². The predicted octanol–water partition coefficient (Wildman–Crippen LogP) is 3.81. The van der Waals surface area contributed by atoms with Crippen molar-refractivity contribution in [2.45, 2.75) is 30.6 Å². The van der Waals surface area contributed by atoms with E-state index in [1.54, 1.807) is 23.7 Å². The van der Waals surface area contributed by atoms with Crippen molar-refractivity contribution in [1.82, 2.24) is 9.71 Å². The van der Waals surface area contributed by atoms with Crippen LogP contribution in [0.3, 0.4) is 0 Å². The molecule has 29 heavy (non-hydrogen) atoms. The lowest BCUT2D eigenvalue weighted by Gasteiger charge is -2.25. The lowest BCUT2D eigenvalue weighted by Crippen LogP contribution is -2.42. The SMILES string of the molecule is Cc1ccc(CO[C@H](c2nccs2)C(CO)NS(=O)(=O)c2ccc(Br)cc2)cc1. The molecule has 3 aromatic rings. The molecule has 2 atom stereocenters. The average Bonchev–Trinajstić information content (AvgIpc) is 3.23. The molecule has 154 valence electrons. The van der Waals surface area contributed by atoms with E-state index in [1.165, 1.54) is 23.5 Å². The van der Waals surface area contributed by atoms with E-state index in [1.807, 2.05) is 31.2 Å². The summed E-state index contributed by atoms with van der Waals surface area (Å²) in [6.07, 6.45) is 0.895. The van der Waals surface area contributed by atoms with Gasteiger partial charge in [-0.3, -0.25) is 0 Å². The molecule has 3 rings (SSSR count). The van der Waals surface area contributed by atoms with E-state index in [4.69, 9.17) is 4.74 Å². The minimum atomic E-state index is -3.85. The molecule has 0 spiro atoms. The third kappa shape index (κ3) is 5.94. The summed E-state index contributed by atoms with van der Waals surface area (Å²) >= 11 is 4.64. The van der Waals surface area contributed by atoms with Crippen molar-refractivity contribution in [3.05, 3.63) is 80.7 Å². The van der Waals surface area contributed by atoms with Gasteiger partial charge in [-0.1, -0.05) is 45.8 Å². The van der Waals surface area contributed by atoms with Crippen molar-refractivity contribution in [2.24, 2.45) is 0 Å². The first-order valence-electron chi connectivity index (χ1n) is 8.84. The number of aliphatic hydroxyl groups excluding tert-OH is 1. The van der Waals surface area contributed by atoms with Crippen LogP contribution < -0.4 is 4.72 Å². The summed E-state index contributed by atoms with van der Waals surface area (Å²) in [5, 5.41) is 12.3. The lowest BCUT2D eigenvalue weighted by atomic mass is 10.1. The van der Waals surface area contributed by atoms with Crippen molar-refractivity contribution >= 4 is 37.3 Å². The maximum absolute atomic E-state index is 12.8. The number of sulfonamides is 1. The largest absolute Gasteiger partial charge is 0.395 e. The van der Waals surface area contributed by atoms with Gasteiger partial charge in [0.25, 0.3) is 0 Å². The second-order valence-electron chi connectivity index (χ2n) is 6.45. The number of aliphatic hydroxyl groups is 1. The fourth-order valence-corrected chi connectivity index (χ4v) is 4.92. The van der Waals surface area contributed by atoms with Crippen LogP contribution in [-0.4, -0.2) is 31.2 Å². The van der Waals surface area contributed by atoms with Gasteiger partial charge in [-0.15, -0.1) is 11.3 Å². The molecule has 1 unspecified atom stereocenters. The normalized spacial score (nSPS) is 13.9. The first-order chi connectivity index (χ1) is 13.9. The zero-order valence-corrected chi connectivity index (χ0v) is 18.9. The van der Waals surface area contributed by atoms with E-state index in [0.29, 0.717) is 5.01 Å². The Morgan fingerprint density at radius 3 is 2.45 bits per heavy atom. The predicted molar refractivity (Wildman–Crippen MR) is 116 cm³/mol. The van der Waals surface area contributed by atoms with Gasteiger partial charge in [-0.05, 0) is 36.8 Å². The number of hydrogen-bond donors (Lipinski definition) is 2. The third-order valence-corrected chi connectivity index (χ3v) is 7.11. The molecule has 1 heterocycles. The highest BCUT2D eigenvalue weighted by molar-refractivity contribution is 9.10. The number of benzene rings is 2. The van der Waals surface area contributed by atoms with E-state index in [0.717, 1.165) is 15.6 Å². The number of aryl methyl sites for hydroxylation is 1. The number of aromatic nitrogens is 1. The summed E-state index contributed by atoms with van der Waals surface area (Å²) in [7, 11) is -3.85. The highest BCUT2D eigenvalue weighted by Crippen LogP contribution is 2.26.